The molecule has 0 heterocycles. The predicted octanol–water partition coefficient (Wildman–Crippen LogP) is 3.70. The van der Waals surface area contributed by atoms with Crippen molar-refractivity contribution in [2.45, 2.75) is 91.0 Å². The Bertz CT molecular complexity index is 423. The van der Waals surface area contributed by atoms with Gasteiger partial charge in [-0.05, 0) is 12.3 Å². The molecule has 0 aromatic carbocycles. The zero-order valence-electron chi connectivity index (χ0n) is 15.5. The molecule has 0 amide bonds. The minimum atomic E-state index is -4.30. The van der Waals surface area contributed by atoms with Crippen LogP contribution >= 0.6 is 0 Å². The van der Waals surface area contributed by atoms with Crippen LogP contribution in [0.2, 0.25) is 0 Å². The maximum atomic E-state index is 11.5. The minimum Gasteiger partial charge on any atom is -0.323 e. The number of carbonyl (C=O) groups excluding carboxylic acids is 1. The second kappa shape index (κ2) is 13.6. The second-order valence-electron chi connectivity index (χ2n) is 6.58. The average Bonchev–Trinajstić information content (AvgIpc) is 2.51. The lowest BCUT2D eigenvalue weighted by molar-refractivity contribution is -0.137. The maximum Gasteiger partial charge on any atom is 0.451 e. The smallest absolute Gasteiger partial charge is 0.323 e. The minimum absolute atomic E-state index is 0.0308. The zero-order valence-corrected chi connectivity index (χ0v) is 16.3. The Morgan fingerprint density at radius 1 is 0.917 bits per heavy atom. The molecular weight excluding hydrogens is 330 g/mol. The van der Waals surface area contributed by atoms with Crippen LogP contribution in [-0.2, 0) is 23.6 Å². The van der Waals surface area contributed by atoms with Crippen LogP contribution in [0, 0.1) is 5.92 Å². The van der Waals surface area contributed by atoms with E-state index in [1.807, 2.05) is 0 Å². The molecule has 0 fully saturated rings. The van der Waals surface area contributed by atoms with Crippen molar-refractivity contribution in [3.63, 3.8) is 0 Å². The van der Waals surface area contributed by atoms with Crippen molar-refractivity contribution < 1.29 is 21.6 Å². The van der Waals surface area contributed by atoms with Gasteiger partial charge in [0.2, 0.25) is 0 Å². The summed E-state index contributed by atoms with van der Waals surface area (Å²) in [4.78, 5) is 11.5. The van der Waals surface area contributed by atoms with Crippen LogP contribution in [0.25, 0.3) is 0 Å². The number of nitrogens with two attached hydrogens (primary N) is 1. The lowest BCUT2D eigenvalue weighted by Gasteiger charge is -2.13. The number of unbranched alkanes of at least 4 members (excludes halogenated alkanes) is 9. The summed E-state index contributed by atoms with van der Waals surface area (Å²) in [7, 11) is -4.30. The van der Waals surface area contributed by atoms with Gasteiger partial charge >= 0.3 is 16.4 Å². The number of hydrogen-bond donors (Lipinski definition) is 1. The molecule has 0 radical (unpaired) electrons. The molecule has 0 aliphatic heterocycles. The van der Waals surface area contributed by atoms with Crippen LogP contribution in [0.4, 0.5) is 0 Å². The number of hydrogen-bond acceptors (Lipinski definition) is 6. The Hall–Kier alpha value is -0.660. The van der Waals surface area contributed by atoms with E-state index in [1.165, 1.54) is 38.5 Å². The molecule has 6 nitrogen and oxygen atoms in total. The molecule has 0 saturated carbocycles. The van der Waals surface area contributed by atoms with Gasteiger partial charge in [-0.1, -0.05) is 78.6 Å². The highest BCUT2D eigenvalue weighted by atomic mass is 32.3. The SMILES string of the molecule is CCCCCCCCCCCCOS(=O)(=O)OC(=O)[C@@H](N)C(C)C. The van der Waals surface area contributed by atoms with E-state index in [2.05, 4.69) is 15.3 Å². The van der Waals surface area contributed by atoms with Gasteiger partial charge in [-0.3, -0.25) is 0 Å². The lowest BCUT2D eigenvalue weighted by Crippen LogP contribution is -2.38. The molecule has 0 spiro atoms. The van der Waals surface area contributed by atoms with Gasteiger partial charge in [-0.15, -0.1) is 0 Å². The van der Waals surface area contributed by atoms with Gasteiger partial charge in [-0.25, -0.2) is 8.98 Å². The van der Waals surface area contributed by atoms with E-state index in [9.17, 15) is 13.2 Å². The van der Waals surface area contributed by atoms with Crippen molar-refractivity contribution in [2.75, 3.05) is 6.61 Å². The summed E-state index contributed by atoms with van der Waals surface area (Å²) < 4.78 is 32.0. The third-order valence-electron chi connectivity index (χ3n) is 3.90. The van der Waals surface area contributed by atoms with Gasteiger partial charge in [0.25, 0.3) is 0 Å². The summed E-state index contributed by atoms with van der Waals surface area (Å²) >= 11 is 0. The van der Waals surface area contributed by atoms with Crippen LogP contribution in [0.3, 0.4) is 0 Å². The molecule has 0 saturated heterocycles. The quantitative estimate of drug-likeness (QED) is 0.445. The summed E-state index contributed by atoms with van der Waals surface area (Å²) in [6.45, 7) is 5.66. The van der Waals surface area contributed by atoms with E-state index < -0.39 is 22.4 Å². The van der Waals surface area contributed by atoms with Gasteiger partial charge in [0.1, 0.15) is 6.04 Å². The first-order valence-electron chi connectivity index (χ1n) is 9.18. The molecule has 2 N–H and O–H groups in total. The van der Waals surface area contributed by atoms with E-state index in [1.54, 1.807) is 13.8 Å². The van der Waals surface area contributed by atoms with Gasteiger partial charge < -0.3 is 9.92 Å². The topological polar surface area (TPSA) is 95.7 Å². The molecule has 24 heavy (non-hydrogen) atoms. The Kier molecular flexibility index (Phi) is 13.2. The molecule has 0 bridgehead atoms. The van der Waals surface area contributed by atoms with Crippen molar-refractivity contribution >= 4 is 16.4 Å². The van der Waals surface area contributed by atoms with Crippen molar-refractivity contribution in [3.8, 4) is 0 Å². The Morgan fingerprint density at radius 2 is 1.38 bits per heavy atom. The summed E-state index contributed by atoms with van der Waals surface area (Å²) in [6, 6.07) is -0.972. The van der Waals surface area contributed by atoms with Gasteiger partial charge in [0.05, 0.1) is 6.61 Å². The first-order chi connectivity index (χ1) is 11.3. The predicted molar refractivity (Wildman–Crippen MR) is 95.6 cm³/mol. The third kappa shape index (κ3) is 12.7. The van der Waals surface area contributed by atoms with E-state index in [0.29, 0.717) is 6.42 Å². The van der Waals surface area contributed by atoms with E-state index in [0.717, 1.165) is 19.3 Å². The van der Waals surface area contributed by atoms with E-state index >= 15 is 0 Å². The summed E-state index contributed by atoms with van der Waals surface area (Å²) in [5, 5.41) is 0. The van der Waals surface area contributed by atoms with Crippen LogP contribution in [0.1, 0.15) is 85.0 Å². The Labute approximate surface area is 147 Å². The van der Waals surface area contributed by atoms with Crippen LogP contribution in [0.5, 0.6) is 0 Å². The van der Waals surface area contributed by atoms with Gasteiger partial charge in [0, 0.05) is 0 Å². The van der Waals surface area contributed by atoms with Crippen LogP contribution in [-0.4, -0.2) is 27.0 Å². The fourth-order valence-electron chi connectivity index (χ4n) is 2.20. The molecule has 1 atom stereocenters. The molecule has 0 aliphatic rings. The summed E-state index contributed by atoms with van der Waals surface area (Å²) in [5.41, 5.74) is 5.53. The normalized spacial score (nSPS) is 13.2. The van der Waals surface area contributed by atoms with Crippen molar-refractivity contribution in [2.24, 2.45) is 11.7 Å². The molecule has 0 aromatic heterocycles. The van der Waals surface area contributed by atoms with Gasteiger partial charge in [-0.2, -0.15) is 8.42 Å². The fourth-order valence-corrected chi connectivity index (χ4v) is 2.89. The Morgan fingerprint density at radius 3 is 1.83 bits per heavy atom. The van der Waals surface area contributed by atoms with Crippen molar-refractivity contribution in [1.82, 2.24) is 0 Å². The van der Waals surface area contributed by atoms with E-state index in [-0.39, 0.29) is 12.5 Å². The molecule has 0 aliphatic carbocycles. The first kappa shape index (κ1) is 23.3. The number of rotatable bonds is 15. The number of carbonyl (C=O) groups is 1. The van der Waals surface area contributed by atoms with Crippen LogP contribution < -0.4 is 5.73 Å². The first-order valence-corrected chi connectivity index (χ1v) is 10.5. The molecular formula is C17H35NO5S. The average molecular weight is 366 g/mol. The third-order valence-corrected chi connectivity index (χ3v) is 4.72. The van der Waals surface area contributed by atoms with E-state index in [4.69, 9.17) is 5.73 Å². The molecule has 0 aromatic rings. The van der Waals surface area contributed by atoms with Crippen molar-refractivity contribution in [3.05, 3.63) is 0 Å². The highest BCUT2D eigenvalue weighted by Gasteiger charge is 2.25. The standard InChI is InChI=1S/C17H35NO5S/c1-4-5-6-7-8-9-10-11-12-13-14-22-24(20,21)23-17(19)16(18)15(2)3/h15-16H,4-14,18H2,1-3H3/t16-/m0/s1. The Balaban J connectivity index is 3.64. The molecule has 144 valence electrons. The second-order valence-corrected chi connectivity index (χ2v) is 7.80. The zero-order chi connectivity index (χ0) is 18.4. The monoisotopic (exact) mass is 365 g/mol. The molecule has 0 rings (SSSR count). The largest absolute Gasteiger partial charge is 0.451 e. The highest BCUT2D eigenvalue weighted by Crippen LogP contribution is 2.11. The highest BCUT2D eigenvalue weighted by molar-refractivity contribution is 7.82. The lowest BCUT2D eigenvalue weighted by atomic mass is 10.1. The molecule has 0 unspecified atom stereocenters. The maximum absolute atomic E-state index is 11.5. The summed E-state index contributed by atoms with van der Waals surface area (Å²) in [6.07, 6.45) is 11.5. The van der Waals surface area contributed by atoms with Gasteiger partial charge in [0.15, 0.2) is 0 Å². The molecule has 7 heteroatoms. The summed E-state index contributed by atoms with van der Waals surface area (Å²) in [5.74, 6) is -1.18. The van der Waals surface area contributed by atoms with Crippen molar-refractivity contribution in [1.29, 1.82) is 0 Å². The fraction of sp³-hybridized carbons (Fsp3) is 0.941. The van der Waals surface area contributed by atoms with Crippen LogP contribution in [0.15, 0.2) is 0 Å².